The van der Waals surface area contributed by atoms with Crippen molar-refractivity contribution in [3.8, 4) is 23.5 Å². The standard InChI is InChI=1S/C27H31N7O2/c1-16(21-8-5-13-34(21)2)35-22-9-12-30-26(32-22)24-17-6-3-10-27(25(17)36-33-24)11-4-7-20-23(27)18(14-28)19(29)15-31-20/h9,12,15-16,21H,3-8,10-11,13,29H2,1-2H3. The van der Waals surface area contributed by atoms with Gasteiger partial charge in [-0.25, -0.2) is 4.98 Å². The summed E-state index contributed by atoms with van der Waals surface area (Å²) in [5.74, 6) is 1.86. The fraction of sp³-hybridized carbons (Fsp3) is 0.519. The molecule has 0 saturated carbocycles. The summed E-state index contributed by atoms with van der Waals surface area (Å²) >= 11 is 0. The van der Waals surface area contributed by atoms with Crippen LogP contribution in [0.4, 0.5) is 5.69 Å². The van der Waals surface area contributed by atoms with Gasteiger partial charge in [0.1, 0.15) is 12.2 Å². The molecule has 2 aliphatic carbocycles. The number of anilines is 1. The van der Waals surface area contributed by atoms with Crippen LogP contribution >= 0.6 is 0 Å². The van der Waals surface area contributed by atoms with Gasteiger partial charge in [-0.3, -0.25) is 9.88 Å². The van der Waals surface area contributed by atoms with E-state index in [1.807, 2.05) is 0 Å². The first-order valence-electron chi connectivity index (χ1n) is 12.9. The minimum Gasteiger partial charge on any atom is -0.473 e. The largest absolute Gasteiger partial charge is 0.473 e. The third-order valence-corrected chi connectivity index (χ3v) is 8.31. The van der Waals surface area contributed by atoms with Crippen molar-refractivity contribution in [2.45, 2.75) is 75.9 Å². The number of hydrogen-bond donors (Lipinski definition) is 1. The Kier molecular flexibility index (Phi) is 5.64. The van der Waals surface area contributed by atoms with Crippen LogP contribution in [0, 0.1) is 11.3 Å². The first kappa shape index (κ1) is 22.9. The first-order chi connectivity index (χ1) is 17.5. The van der Waals surface area contributed by atoms with Crippen LogP contribution in [-0.4, -0.2) is 50.7 Å². The second-order valence-corrected chi connectivity index (χ2v) is 10.4. The van der Waals surface area contributed by atoms with Gasteiger partial charge in [0.05, 0.1) is 22.9 Å². The zero-order chi connectivity index (χ0) is 24.9. The third kappa shape index (κ3) is 3.54. The molecule has 0 aromatic carbocycles. The van der Waals surface area contributed by atoms with Gasteiger partial charge < -0.3 is 15.0 Å². The van der Waals surface area contributed by atoms with E-state index in [-0.39, 0.29) is 6.10 Å². The molecule has 186 valence electrons. The predicted octanol–water partition coefficient (Wildman–Crippen LogP) is 3.80. The minimum atomic E-state index is -0.449. The van der Waals surface area contributed by atoms with Crippen molar-refractivity contribution in [1.82, 2.24) is 25.0 Å². The maximum Gasteiger partial charge on any atom is 0.217 e. The number of likely N-dealkylation sites (tertiary alicyclic amines) is 1. The molecule has 1 aliphatic heterocycles. The molecule has 1 fully saturated rings. The van der Waals surface area contributed by atoms with E-state index in [0.717, 1.165) is 74.1 Å². The van der Waals surface area contributed by atoms with Crippen LogP contribution in [0.1, 0.15) is 73.6 Å². The number of rotatable bonds is 4. The van der Waals surface area contributed by atoms with Crippen molar-refractivity contribution >= 4 is 5.69 Å². The zero-order valence-electron chi connectivity index (χ0n) is 20.8. The van der Waals surface area contributed by atoms with Gasteiger partial charge in [-0.15, -0.1) is 0 Å². The summed E-state index contributed by atoms with van der Waals surface area (Å²) in [6.07, 6.45) is 11.0. The number of nitrogen functional groups attached to an aromatic ring is 1. The van der Waals surface area contributed by atoms with Gasteiger partial charge in [-0.05, 0) is 71.9 Å². The maximum atomic E-state index is 9.98. The van der Waals surface area contributed by atoms with Crippen molar-refractivity contribution < 1.29 is 9.26 Å². The van der Waals surface area contributed by atoms with Crippen LogP contribution in [0.2, 0.25) is 0 Å². The number of pyridine rings is 1. The zero-order valence-corrected chi connectivity index (χ0v) is 20.8. The molecule has 6 rings (SSSR count). The van der Waals surface area contributed by atoms with E-state index in [1.165, 1.54) is 6.42 Å². The van der Waals surface area contributed by atoms with E-state index in [2.05, 4.69) is 40.1 Å². The Labute approximate surface area is 210 Å². The molecular weight excluding hydrogens is 454 g/mol. The lowest BCUT2D eigenvalue weighted by molar-refractivity contribution is 0.117. The smallest absolute Gasteiger partial charge is 0.217 e. The van der Waals surface area contributed by atoms with Gasteiger partial charge in [0, 0.05) is 35.1 Å². The molecule has 0 radical (unpaired) electrons. The van der Waals surface area contributed by atoms with E-state index in [9.17, 15) is 5.26 Å². The first-order valence-corrected chi connectivity index (χ1v) is 12.9. The van der Waals surface area contributed by atoms with Crippen molar-refractivity contribution in [3.05, 3.63) is 46.6 Å². The lowest BCUT2D eigenvalue weighted by atomic mass is 9.62. The molecule has 1 spiro atoms. The molecule has 3 unspecified atom stereocenters. The summed E-state index contributed by atoms with van der Waals surface area (Å²) in [7, 11) is 2.14. The number of hydrogen-bond acceptors (Lipinski definition) is 9. The average Bonchev–Trinajstić information content (AvgIpc) is 3.52. The lowest BCUT2D eigenvalue weighted by Gasteiger charge is -2.40. The molecule has 3 aliphatic rings. The number of nitrogens with two attached hydrogens (primary N) is 1. The maximum absolute atomic E-state index is 9.98. The average molecular weight is 486 g/mol. The van der Waals surface area contributed by atoms with Gasteiger partial charge in [-0.1, -0.05) is 5.16 Å². The van der Waals surface area contributed by atoms with Crippen LogP contribution in [0.25, 0.3) is 11.5 Å². The Morgan fingerprint density at radius 2 is 2.08 bits per heavy atom. The number of ether oxygens (including phenoxy) is 1. The van der Waals surface area contributed by atoms with Crippen molar-refractivity contribution in [2.24, 2.45) is 0 Å². The highest BCUT2D eigenvalue weighted by molar-refractivity contribution is 5.65. The molecule has 4 heterocycles. The Balaban J connectivity index is 1.38. The number of fused-ring (bicyclic) bond motifs is 4. The van der Waals surface area contributed by atoms with Crippen LogP contribution in [0.15, 0.2) is 23.0 Å². The van der Waals surface area contributed by atoms with Crippen LogP contribution < -0.4 is 10.5 Å². The summed E-state index contributed by atoms with van der Waals surface area (Å²) in [6.45, 7) is 3.20. The van der Waals surface area contributed by atoms with E-state index in [4.69, 9.17) is 20.0 Å². The van der Waals surface area contributed by atoms with Crippen LogP contribution in [0.5, 0.6) is 5.88 Å². The molecule has 1 saturated heterocycles. The molecule has 3 aromatic rings. The Hall–Kier alpha value is -3.51. The fourth-order valence-electron chi connectivity index (χ4n) is 6.64. The minimum absolute atomic E-state index is 0.0239. The predicted molar refractivity (Wildman–Crippen MR) is 133 cm³/mol. The van der Waals surface area contributed by atoms with Gasteiger partial charge in [0.2, 0.25) is 5.88 Å². The van der Waals surface area contributed by atoms with Crippen molar-refractivity contribution in [1.29, 1.82) is 5.26 Å². The number of aryl methyl sites for hydroxylation is 1. The summed E-state index contributed by atoms with van der Waals surface area (Å²) in [5, 5.41) is 14.5. The second-order valence-electron chi connectivity index (χ2n) is 10.4. The number of nitriles is 1. The van der Waals surface area contributed by atoms with Gasteiger partial charge in [0.25, 0.3) is 0 Å². The van der Waals surface area contributed by atoms with Crippen molar-refractivity contribution in [3.63, 3.8) is 0 Å². The fourth-order valence-corrected chi connectivity index (χ4v) is 6.64. The molecule has 36 heavy (non-hydrogen) atoms. The quantitative estimate of drug-likeness (QED) is 0.587. The highest BCUT2D eigenvalue weighted by Crippen LogP contribution is 2.52. The lowest BCUT2D eigenvalue weighted by Crippen LogP contribution is -2.38. The highest BCUT2D eigenvalue weighted by Gasteiger charge is 2.48. The molecular formula is C27H31N7O2. The van der Waals surface area contributed by atoms with Crippen molar-refractivity contribution in [2.75, 3.05) is 19.3 Å². The van der Waals surface area contributed by atoms with E-state index >= 15 is 0 Å². The molecule has 0 bridgehead atoms. The normalized spacial score (nSPS) is 24.2. The van der Waals surface area contributed by atoms with E-state index in [1.54, 1.807) is 18.5 Å². The highest BCUT2D eigenvalue weighted by atomic mass is 16.5. The Morgan fingerprint density at radius 3 is 2.86 bits per heavy atom. The molecule has 9 heteroatoms. The number of aromatic nitrogens is 4. The van der Waals surface area contributed by atoms with Gasteiger partial charge in [-0.2, -0.15) is 10.2 Å². The van der Waals surface area contributed by atoms with Crippen LogP contribution in [-0.2, 0) is 18.3 Å². The van der Waals surface area contributed by atoms with Crippen LogP contribution in [0.3, 0.4) is 0 Å². The van der Waals surface area contributed by atoms with Gasteiger partial charge >= 0.3 is 0 Å². The Bertz CT molecular complexity index is 1340. The second kappa shape index (κ2) is 8.86. The summed E-state index contributed by atoms with van der Waals surface area (Å²) in [6, 6.07) is 4.52. The summed E-state index contributed by atoms with van der Waals surface area (Å²) in [4.78, 5) is 16.2. The Morgan fingerprint density at radius 1 is 1.25 bits per heavy atom. The van der Waals surface area contributed by atoms with Gasteiger partial charge in [0.15, 0.2) is 17.3 Å². The topological polar surface area (TPSA) is 127 Å². The molecule has 9 nitrogen and oxygen atoms in total. The molecule has 3 aromatic heterocycles. The molecule has 0 amide bonds. The monoisotopic (exact) mass is 485 g/mol. The third-order valence-electron chi connectivity index (χ3n) is 8.31. The SMILES string of the molecule is CC(Oc1ccnc(-c2noc3c2CCCC32CCCc3ncc(N)c(C#N)c32)n1)C1CCCN1C. The molecule has 2 N–H and O–H groups in total. The number of likely N-dealkylation sites (N-methyl/N-ethyl adjacent to an activating group) is 1. The summed E-state index contributed by atoms with van der Waals surface area (Å²) < 4.78 is 12.3. The summed E-state index contributed by atoms with van der Waals surface area (Å²) in [5.41, 5.74) is 10.2. The number of nitrogens with zero attached hydrogens (tertiary/aromatic N) is 6. The molecule has 3 atom stereocenters. The van der Waals surface area contributed by atoms with E-state index in [0.29, 0.717) is 34.7 Å². The van der Waals surface area contributed by atoms with E-state index < -0.39 is 5.41 Å².